The molecule has 0 radical (unpaired) electrons. The molecule has 2 N–H and O–H groups in total. The van der Waals surface area contributed by atoms with Crippen molar-refractivity contribution in [2.24, 2.45) is 5.92 Å². The van der Waals surface area contributed by atoms with Gasteiger partial charge in [0.15, 0.2) is 0 Å². The molecule has 1 aliphatic carbocycles. The highest BCUT2D eigenvalue weighted by Crippen LogP contribution is 2.34. The first kappa shape index (κ1) is 23.2. The summed E-state index contributed by atoms with van der Waals surface area (Å²) in [4.78, 5) is 34.0. The maximum absolute atomic E-state index is 14.6. The number of halogens is 5. The van der Waals surface area contributed by atoms with Crippen molar-refractivity contribution in [3.8, 4) is 0 Å². The van der Waals surface area contributed by atoms with E-state index in [1.807, 2.05) is 0 Å². The highest BCUT2D eigenvalue weighted by Gasteiger charge is 2.35. The van der Waals surface area contributed by atoms with Gasteiger partial charge in [-0.1, -0.05) is 11.6 Å². The first-order chi connectivity index (χ1) is 15.6. The Labute approximate surface area is 191 Å². The number of carbonyl (C=O) groups excluding carboxylic acids is 2. The van der Waals surface area contributed by atoms with Crippen molar-refractivity contribution in [3.05, 3.63) is 46.7 Å². The third-order valence-electron chi connectivity index (χ3n) is 5.52. The van der Waals surface area contributed by atoms with E-state index in [2.05, 4.69) is 20.6 Å². The SMILES string of the molecule is O=C(N[C@H]1CN(c2ncc(C(F)(F)F)cc2Cl)CC[C@H]1F)c1ccnc(NC(=O)C2CC2)c1. The smallest absolute Gasteiger partial charge is 0.353 e. The van der Waals surface area contributed by atoms with Crippen LogP contribution in [0.1, 0.15) is 35.2 Å². The van der Waals surface area contributed by atoms with Crippen LogP contribution in [-0.2, 0) is 11.0 Å². The predicted molar refractivity (Wildman–Crippen MR) is 113 cm³/mol. The number of carbonyl (C=O) groups is 2. The van der Waals surface area contributed by atoms with Gasteiger partial charge >= 0.3 is 6.18 Å². The summed E-state index contributed by atoms with van der Waals surface area (Å²) in [5, 5.41) is 5.04. The molecule has 33 heavy (non-hydrogen) atoms. The lowest BCUT2D eigenvalue weighted by atomic mass is 10.0. The molecular formula is C21H20ClF4N5O2. The van der Waals surface area contributed by atoms with Crippen LogP contribution in [0.4, 0.5) is 29.2 Å². The Kier molecular flexibility index (Phi) is 6.42. The molecule has 1 aliphatic heterocycles. The van der Waals surface area contributed by atoms with Crippen molar-refractivity contribution in [2.45, 2.75) is 37.7 Å². The van der Waals surface area contributed by atoms with Crippen molar-refractivity contribution < 1.29 is 27.2 Å². The molecule has 2 aromatic rings. The Morgan fingerprint density at radius 3 is 2.58 bits per heavy atom. The molecule has 0 spiro atoms. The Hall–Kier alpha value is -2.95. The van der Waals surface area contributed by atoms with Gasteiger partial charge in [-0.3, -0.25) is 9.59 Å². The summed E-state index contributed by atoms with van der Waals surface area (Å²) in [5.41, 5.74) is -0.796. The van der Waals surface area contributed by atoms with E-state index in [-0.39, 0.29) is 53.6 Å². The minimum Gasteiger partial charge on any atom is -0.353 e. The fourth-order valence-corrected chi connectivity index (χ4v) is 3.82. The van der Waals surface area contributed by atoms with Gasteiger partial charge in [-0.15, -0.1) is 0 Å². The van der Waals surface area contributed by atoms with Gasteiger partial charge in [0.1, 0.15) is 17.8 Å². The van der Waals surface area contributed by atoms with Crippen molar-refractivity contribution >= 4 is 35.1 Å². The Morgan fingerprint density at radius 2 is 1.91 bits per heavy atom. The van der Waals surface area contributed by atoms with E-state index >= 15 is 0 Å². The number of nitrogens with one attached hydrogen (secondary N) is 2. The molecular weight excluding hydrogens is 466 g/mol. The molecule has 176 valence electrons. The Balaban J connectivity index is 1.43. The van der Waals surface area contributed by atoms with Crippen LogP contribution in [0.5, 0.6) is 0 Å². The summed E-state index contributed by atoms with van der Waals surface area (Å²) in [7, 11) is 0. The molecule has 0 bridgehead atoms. The summed E-state index contributed by atoms with van der Waals surface area (Å²) in [6.07, 6.45) is -2.25. The molecule has 2 aromatic heterocycles. The maximum Gasteiger partial charge on any atom is 0.417 e. The van der Waals surface area contributed by atoms with E-state index in [4.69, 9.17) is 11.6 Å². The molecule has 7 nitrogen and oxygen atoms in total. The lowest BCUT2D eigenvalue weighted by molar-refractivity contribution is -0.137. The standard InChI is InChI=1S/C21H20ClF4N5O2/c22-14-8-13(21(24,25)26)9-28-18(14)31-6-4-15(23)16(10-31)29-20(33)12-3-5-27-17(7-12)30-19(32)11-1-2-11/h3,5,7-9,11,15-16H,1-2,4,6,10H2,(H,29,33)(H,27,30,32)/t15-,16+/m1/s1. The zero-order valence-corrected chi connectivity index (χ0v) is 18.0. The van der Waals surface area contributed by atoms with Crippen LogP contribution in [0, 0.1) is 5.92 Å². The summed E-state index contributed by atoms with van der Waals surface area (Å²) in [5.74, 6) is -0.449. The fraction of sp³-hybridized carbons (Fsp3) is 0.429. The van der Waals surface area contributed by atoms with Gasteiger partial charge in [-0.2, -0.15) is 13.2 Å². The highest BCUT2D eigenvalue weighted by molar-refractivity contribution is 6.33. The van der Waals surface area contributed by atoms with Gasteiger partial charge in [0.05, 0.1) is 16.6 Å². The van der Waals surface area contributed by atoms with Gasteiger partial charge in [0.25, 0.3) is 5.91 Å². The second-order valence-electron chi connectivity index (χ2n) is 8.05. The van der Waals surface area contributed by atoms with Crippen LogP contribution in [0.15, 0.2) is 30.6 Å². The molecule has 2 amide bonds. The zero-order valence-electron chi connectivity index (χ0n) is 17.2. The Bertz CT molecular complexity index is 1060. The summed E-state index contributed by atoms with van der Waals surface area (Å²) < 4.78 is 53.2. The lowest BCUT2D eigenvalue weighted by Crippen LogP contribution is -2.54. The van der Waals surface area contributed by atoms with Crippen LogP contribution < -0.4 is 15.5 Å². The average molecular weight is 486 g/mol. The first-order valence-electron chi connectivity index (χ1n) is 10.3. The van der Waals surface area contributed by atoms with Crippen LogP contribution in [0.2, 0.25) is 5.02 Å². The molecule has 12 heteroatoms. The monoisotopic (exact) mass is 485 g/mol. The second-order valence-corrected chi connectivity index (χ2v) is 8.46. The normalized spacial score (nSPS) is 20.9. The van der Waals surface area contributed by atoms with Crippen molar-refractivity contribution in [1.82, 2.24) is 15.3 Å². The largest absolute Gasteiger partial charge is 0.417 e. The number of pyridine rings is 2. The molecule has 2 atom stereocenters. The third-order valence-corrected chi connectivity index (χ3v) is 5.79. The Morgan fingerprint density at radius 1 is 1.15 bits per heavy atom. The number of hydrogen-bond acceptors (Lipinski definition) is 5. The van der Waals surface area contributed by atoms with Gasteiger partial charge in [-0.05, 0) is 37.5 Å². The average Bonchev–Trinajstić information content (AvgIpc) is 3.60. The summed E-state index contributed by atoms with van der Waals surface area (Å²) >= 11 is 6.01. The molecule has 3 heterocycles. The third kappa shape index (κ3) is 5.52. The van der Waals surface area contributed by atoms with Crippen LogP contribution in [0.25, 0.3) is 0 Å². The molecule has 4 rings (SSSR count). The maximum atomic E-state index is 14.6. The van der Waals surface area contributed by atoms with E-state index in [1.54, 1.807) is 0 Å². The second kappa shape index (κ2) is 9.12. The van der Waals surface area contributed by atoms with Crippen LogP contribution >= 0.6 is 11.6 Å². The number of nitrogens with zero attached hydrogens (tertiary/aromatic N) is 3. The predicted octanol–water partition coefficient (Wildman–Crippen LogP) is 3.84. The number of hydrogen-bond donors (Lipinski definition) is 2. The van der Waals surface area contributed by atoms with Crippen LogP contribution in [-0.4, -0.2) is 47.1 Å². The number of piperidine rings is 1. The minimum absolute atomic E-state index is 0.0264. The van der Waals surface area contributed by atoms with Gasteiger partial charge in [0, 0.05) is 37.0 Å². The highest BCUT2D eigenvalue weighted by atomic mass is 35.5. The quantitative estimate of drug-likeness (QED) is 0.628. The molecule has 0 unspecified atom stereocenters. The van der Waals surface area contributed by atoms with Gasteiger partial charge in [-0.25, -0.2) is 14.4 Å². The number of rotatable bonds is 5. The van der Waals surface area contributed by atoms with Crippen molar-refractivity contribution in [3.63, 3.8) is 0 Å². The first-order valence-corrected chi connectivity index (χ1v) is 10.7. The van der Waals surface area contributed by atoms with E-state index in [1.165, 1.54) is 23.2 Å². The summed E-state index contributed by atoms with van der Waals surface area (Å²) in [6, 6.07) is 2.67. The van der Waals surface area contributed by atoms with Crippen molar-refractivity contribution in [2.75, 3.05) is 23.3 Å². The number of alkyl halides is 4. The summed E-state index contributed by atoms with van der Waals surface area (Å²) in [6.45, 7) is 0.152. The van der Waals surface area contributed by atoms with E-state index < -0.39 is 29.9 Å². The number of amides is 2. The molecule has 2 fully saturated rings. The molecule has 1 saturated heterocycles. The fourth-order valence-electron chi connectivity index (χ4n) is 3.54. The minimum atomic E-state index is -4.58. The zero-order chi connectivity index (χ0) is 23.8. The topological polar surface area (TPSA) is 87.2 Å². The van der Waals surface area contributed by atoms with E-state index in [0.29, 0.717) is 6.20 Å². The van der Waals surface area contributed by atoms with Crippen LogP contribution in [0.3, 0.4) is 0 Å². The van der Waals surface area contributed by atoms with Crippen molar-refractivity contribution in [1.29, 1.82) is 0 Å². The number of aromatic nitrogens is 2. The van der Waals surface area contributed by atoms with E-state index in [9.17, 15) is 27.2 Å². The molecule has 2 aliphatic rings. The van der Waals surface area contributed by atoms with Gasteiger partial charge < -0.3 is 15.5 Å². The molecule has 1 saturated carbocycles. The van der Waals surface area contributed by atoms with Gasteiger partial charge in [0.2, 0.25) is 5.91 Å². The molecule has 0 aromatic carbocycles. The lowest BCUT2D eigenvalue weighted by Gasteiger charge is -2.36. The van der Waals surface area contributed by atoms with E-state index in [0.717, 1.165) is 18.9 Å². The number of anilines is 2.